The normalized spacial score (nSPS) is 13.1. The molecule has 0 spiro atoms. The number of ether oxygens (including phenoxy) is 1. The minimum absolute atomic E-state index is 0.135. The summed E-state index contributed by atoms with van der Waals surface area (Å²) < 4.78 is 4.53. The summed E-state index contributed by atoms with van der Waals surface area (Å²) in [6, 6.07) is -0.759. The third kappa shape index (κ3) is 6.40. The maximum Gasteiger partial charge on any atom is 0.328 e. The molecule has 0 radical (unpaired) electrons. The molecule has 0 aliphatic rings. The SMILES string of the molecule is COC(=O)[C@H](CCO)NC(=O)CC(C)(C)C. The molecule has 0 unspecified atom stereocenters. The molecule has 0 fully saturated rings. The van der Waals surface area contributed by atoms with Gasteiger partial charge in [0.1, 0.15) is 6.04 Å². The Morgan fingerprint density at radius 3 is 2.31 bits per heavy atom. The monoisotopic (exact) mass is 231 g/mol. The third-order valence-electron chi connectivity index (χ3n) is 1.93. The quantitative estimate of drug-likeness (QED) is 0.674. The predicted molar refractivity (Wildman–Crippen MR) is 59.7 cm³/mol. The van der Waals surface area contributed by atoms with E-state index in [0.717, 1.165) is 0 Å². The number of esters is 1. The van der Waals surface area contributed by atoms with E-state index in [2.05, 4.69) is 10.1 Å². The lowest BCUT2D eigenvalue weighted by Gasteiger charge is -2.20. The van der Waals surface area contributed by atoms with Crippen molar-refractivity contribution in [1.82, 2.24) is 5.32 Å². The van der Waals surface area contributed by atoms with E-state index in [1.54, 1.807) is 0 Å². The van der Waals surface area contributed by atoms with Gasteiger partial charge in [-0.1, -0.05) is 20.8 Å². The molecule has 0 bridgehead atoms. The molecule has 0 aliphatic heterocycles. The molecule has 0 aliphatic carbocycles. The van der Waals surface area contributed by atoms with E-state index in [0.29, 0.717) is 6.42 Å². The second-order valence-electron chi connectivity index (χ2n) is 4.89. The summed E-state index contributed by atoms with van der Waals surface area (Å²) in [7, 11) is 1.25. The van der Waals surface area contributed by atoms with Crippen LogP contribution in [0.25, 0.3) is 0 Å². The van der Waals surface area contributed by atoms with Crippen molar-refractivity contribution < 1.29 is 19.4 Å². The largest absolute Gasteiger partial charge is 0.467 e. The molecule has 0 aromatic rings. The van der Waals surface area contributed by atoms with Crippen LogP contribution in [0, 0.1) is 5.41 Å². The van der Waals surface area contributed by atoms with Gasteiger partial charge in [-0.2, -0.15) is 0 Å². The summed E-state index contributed by atoms with van der Waals surface area (Å²) in [5, 5.41) is 11.3. The Morgan fingerprint density at radius 2 is 1.94 bits per heavy atom. The van der Waals surface area contributed by atoms with Crippen LogP contribution in [0.3, 0.4) is 0 Å². The topological polar surface area (TPSA) is 75.6 Å². The van der Waals surface area contributed by atoms with Crippen molar-refractivity contribution in [3.8, 4) is 0 Å². The van der Waals surface area contributed by atoms with Crippen molar-refractivity contribution in [3.63, 3.8) is 0 Å². The maximum atomic E-state index is 11.6. The highest BCUT2D eigenvalue weighted by Crippen LogP contribution is 2.18. The van der Waals surface area contributed by atoms with Gasteiger partial charge in [-0.3, -0.25) is 4.79 Å². The number of hydrogen-bond donors (Lipinski definition) is 2. The van der Waals surface area contributed by atoms with Gasteiger partial charge in [0, 0.05) is 19.4 Å². The molecular formula is C11H21NO4. The number of aliphatic hydroxyl groups excluding tert-OH is 1. The van der Waals surface area contributed by atoms with Crippen molar-refractivity contribution in [1.29, 1.82) is 0 Å². The third-order valence-corrected chi connectivity index (χ3v) is 1.93. The zero-order valence-electron chi connectivity index (χ0n) is 10.4. The van der Waals surface area contributed by atoms with Crippen molar-refractivity contribution >= 4 is 11.9 Å². The number of aliphatic hydroxyl groups is 1. The molecule has 94 valence electrons. The molecule has 5 nitrogen and oxygen atoms in total. The summed E-state index contributed by atoms with van der Waals surface area (Å²) in [5.41, 5.74) is -0.135. The summed E-state index contributed by atoms with van der Waals surface area (Å²) in [6.45, 7) is 5.64. The number of carbonyl (C=O) groups is 2. The Balaban J connectivity index is 4.29. The minimum Gasteiger partial charge on any atom is -0.467 e. The van der Waals surface area contributed by atoms with Gasteiger partial charge in [0.15, 0.2) is 0 Å². The number of rotatable bonds is 5. The molecule has 1 atom stereocenters. The molecule has 0 rings (SSSR count). The molecular weight excluding hydrogens is 210 g/mol. The number of methoxy groups -OCH3 is 1. The zero-order valence-corrected chi connectivity index (χ0v) is 10.4. The number of carbonyl (C=O) groups excluding carboxylic acids is 2. The Bertz CT molecular complexity index is 245. The molecule has 0 saturated carbocycles. The highest BCUT2D eigenvalue weighted by molar-refractivity contribution is 5.84. The number of hydrogen-bond acceptors (Lipinski definition) is 4. The van der Waals surface area contributed by atoms with Crippen LogP contribution in [0.4, 0.5) is 0 Å². The highest BCUT2D eigenvalue weighted by atomic mass is 16.5. The van der Waals surface area contributed by atoms with Gasteiger partial charge in [-0.25, -0.2) is 4.79 Å². The molecule has 0 saturated heterocycles. The van der Waals surface area contributed by atoms with Gasteiger partial charge in [0.2, 0.25) is 5.91 Å². The lowest BCUT2D eigenvalue weighted by Crippen LogP contribution is -2.43. The maximum absolute atomic E-state index is 11.6. The van der Waals surface area contributed by atoms with Crippen LogP contribution < -0.4 is 5.32 Å². The lowest BCUT2D eigenvalue weighted by molar-refractivity contribution is -0.145. The Kier molecular flexibility index (Phi) is 6.03. The number of nitrogens with one attached hydrogen (secondary N) is 1. The Labute approximate surface area is 96.2 Å². The molecule has 1 amide bonds. The lowest BCUT2D eigenvalue weighted by atomic mass is 9.92. The van der Waals surface area contributed by atoms with E-state index >= 15 is 0 Å². The standard InChI is InChI=1S/C11H21NO4/c1-11(2,3)7-9(14)12-8(5-6-13)10(15)16-4/h8,13H,5-7H2,1-4H3,(H,12,14)/t8-/m0/s1. The molecule has 2 N–H and O–H groups in total. The second-order valence-corrected chi connectivity index (χ2v) is 4.89. The molecule has 0 heterocycles. The number of amides is 1. The molecule has 0 aromatic heterocycles. The summed E-state index contributed by atoms with van der Waals surface area (Å²) >= 11 is 0. The zero-order chi connectivity index (χ0) is 12.8. The molecule has 0 aromatic carbocycles. The first kappa shape index (κ1) is 14.9. The van der Waals surface area contributed by atoms with Crippen molar-refractivity contribution in [2.45, 2.75) is 39.7 Å². The Morgan fingerprint density at radius 1 is 1.38 bits per heavy atom. The molecule has 5 heteroatoms. The fraction of sp³-hybridized carbons (Fsp3) is 0.818. The van der Waals surface area contributed by atoms with Crippen LogP contribution >= 0.6 is 0 Å². The van der Waals surface area contributed by atoms with Crippen molar-refractivity contribution in [2.75, 3.05) is 13.7 Å². The van der Waals surface area contributed by atoms with Gasteiger partial charge >= 0.3 is 5.97 Å². The summed E-state index contributed by atoms with van der Waals surface area (Å²) in [5.74, 6) is -0.743. The van der Waals surface area contributed by atoms with Gasteiger partial charge in [0.05, 0.1) is 7.11 Å². The first-order chi connectivity index (χ1) is 7.30. The molecule has 16 heavy (non-hydrogen) atoms. The van der Waals surface area contributed by atoms with E-state index in [4.69, 9.17) is 5.11 Å². The van der Waals surface area contributed by atoms with E-state index in [1.807, 2.05) is 20.8 Å². The van der Waals surface area contributed by atoms with Gasteiger partial charge in [0.25, 0.3) is 0 Å². The van der Waals surface area contributed by atoms with Crippen LogP contribution in [0.2, 0.25) is 0 Å². The van der Waals surface area contributed by atoms with E-state index < -0.39 is 12.0 Å². The minimum atomic E-state index is -0.759. The fourth-order valence-electron chi connectivity index (χ4n) is 1.25. The van der Waals surface area contributed by atoms with Crippen molar-refractivity contribution in [2.24, 2.45) is 5.41 Å². The van der Waals surface area contributed by atoms with Gasteiger partial charge < -0.3 is 15.2 Å². The average Bonchev–Trinajstić information content (AvgIpc) is 2.13. The van der Waals surface area contributed by atoms with Crippen LogP contribution in [-0.2, 0) is 14.3 Å². The van der Waals surface area contributed by atoms with Crippen LogP contribution in [0.1, 0.15) is 33.6 Å². The van der Waals surface area contributed by atoms with Gasteiger partial charge in [-0.15, -0.1) is 0 Å². The predicted octanol–water partition coefficient (Wildman–Crippen LogP) is 0.463. The van der Waals surface area contributed by atoms with E-state index in [9.17, 15) is 9.59 Å². The second kappa shape index (κ2) is 6.48. The van der Waals surface area contributed by atoms with Gasteiger partial charge in [-0.05, 0) is 5.41 Å². The first-order valence-electron chi connectivity index (χ1n) is 5.28. The Hall–Kier alpha value is -1.10. The van der Waals surface area contributed by atoms with Crippen molar-refractivity contribution in [3.05, 3.63) is 0 Å². The van der Waals surface area contributed by atoms with E-state index in [-0.39, 0.29) is 24.3 Å². The van der Waals surface area contributed by atoms with E-state index in [1.165, 1.54) is 7.11 Å². The smallest absolute Gasteiger partial charge is 0.328 e. The highest BCUT2D eigenvalue weighted by Gasteiger charge is 2.23. The van der Waals surface area contributed by atoms with Crippen LogP contribution in [-0.4, -0.2) is 36.7 Å². The summed E-state index contributed by atoms with van der Waals surface area (Å²) in [6.07, 6.45) is 0.495. The van der Waals surface area contributed by atoms with Crippen LogP contribution in [0.15, 0.2) is 0 Å². The fourth-order valence-corrected chi connectivity index (χ4v) is 1.25. The summed E-state index contributed by atoms with van der Waals surface area (Å²) in [4.78, 5) is 22.8. The average molecular weight is 231 g/mol. The van der Waals surface area contributed by atoms with Crippen LogP contribution in [0.5, 0.6) is 0 Å². The first-order valence-corrected chi connectivity index (χ1v) is 5.28.